The molecule has 0 bridgehead atoms. The van der Waals surface area contributed by atoms with E-state index in [9.17, 15) is 0 Å². The third-order valence-corrected chi connectivity index (χ3v) is 11.1. The standard InChI is InChI=1S/C52H30N4O2/c1-3-12-31(13-4-1)34-17-11-18-36(28-34)49-54-50(56-51(55-49)42-29-35-16-7-8-19-38(35)39-20-9-10-21-40(39)42)37-23-22-32-24-26-44-46(41(32)30-37)47-45(57-44)27-25-43-48(47)58-52(53-43)33-14-5-2-6-15-33/h1-30H. The topological polar surface area (TPSA) is 77.8 Å². The van der Waals surface area contributed by atoms with Crippen LogP contribution in [0.5, 0.6) is 0 Å². The molecule has 0 radical (unpaired) electrons. The Labute approximate surface area is 331 Å². The monoisotopic (exact) mass is 742 g/mol. The van der Waals surface area contributed by atoms with E-state index >= 15 is 0 Å². The average molecular weight is 743 g/mol. The van der Waals surface area contributed by atoms with Gasteiger partial charge in [-0.2, -0.15) is 0 Å². The lowest BCUT2D eigenvalue weighted by Gasteiger charge is -2.13. The van der Waals surface area contributed by atoms with Gasteiger partial charge in [0, 0.05) is 27.6 Å². The first-order valence-corrected chi connectivity index (χ1v) is 19.3. The van der Waals surface area contributed by atoms with Crippen LogP contribution in [0.1, 0.15) is 0 Å². The van der Waals surface area contributed by atoms with Crippen LogP contribution in [0.25, 0.3) is 122 Å². The Morgan fingerprint density at radius 2 is 0.948 bits per heavy atom. The van der Waals surface area contributed by atoms with E-state index < -0.39 is 0 Å². The molecule has 3 heterocycles. The van der Waals surface area contributed by atoms with Gasteiger partial charge in [0.2, 0.25) is 5.89 Å². The van der Waals surface area contributed by atoms with E-state index in [1.54, 1.807) is 0 Å². The van der Waals surface area contributed by atoms with E-state index in [1.807, 2.05) is 54.6 Å². The number of nitrogens with zero attached hydrogens (tertiary/aromatic N) is 4. The van der Waals surface area contributed by atoms with Crippen LogP contribution in [0.3, 0.4) is 0 Å². The van der Waals surface area contributed by atoms with Gasteiger partial charge in [-0.05, 0) is 92.0 Å². The fraction of sp³-hybridized carbons (Fsp3) is 0. The molecule has 0 unspecified atom stereocenters. The van der Waals surface area contributed by atoms with Gasteiger partial charge in [-0.3, -0.25) is 0 Å². The van der Waals surface area contributed by atoms with Crippen molar-refractivity contribution in [3.8, 4) is 56.7 Å². The maximum Gasteiger partial charge on any atom is 0.227 e. The molecule has 9 aromatic carbocycles. The molecule has 0 saturated carbocycles. The molecule has 58 heavy (non-hydrogen) atoms. The van der Waals surface area contributed by atoms with Gasteiger partial charge in [0.1, 0.15) is 16.7 Å². The minimum atomic E-state index is 0.571. The van der Waals surface area contributed by atoms with Crippen LogP contribution < -0.4 is 0 Å². The summed E-state index contributed by atoms with van der Waals surface area (Å²) in [6, 6.07) is 62.4. The smallest absolute Gasteiger partial charge is 0.227 e. The first-order valence-electron chi connectivity index (χ1n) is 19.3. The van der Waals surface area contributed by atoms with Gasteiger partial charge >= 0.3 is 0 Å². The van der Waals surface area contributed by atoms with Gasteiger partial charge in [0.15, 0.2) is 23.1 Å². The van der Waals surface area contributed by atoms with Crippen molar-refractivity contribution in [1.29, 1.82) is 0 Å². The van der Waals surface area contributed by atoms with E-state index in [-0.39, 0.29) is 0 Å². The van der Waals surface area contributed by atoms with Crippen LogP contribution in [-0.2, 0) is 0 Å². The number of furan rings is 1. The van der Waals surface area contributed by atoms with Crippen molar-refractivity contribution in [1.82, 2.24) is 19.9 Å². The van der Waals surface area contributed by atoms with Crippen molar-refractivity contribution >= 4 is 65.4 Å². The summed E-state index contributed by atoms with van der Waals surface area (Å²) >= 11 is 0. The zero-order valence-corrected chi connectivity index (χ0v) is 30.9. The highest BCUT2D eigenvalue weighted by molar-refractivity contribution is 6.25. The van der Waals surface area contributed by atoms with E-state index in [1.165, 1.54) is 5.39 Å². The number of rotatable bonds is 5. The zero-order chi connectivity index (χ0) is 38.2. The zero-order valence-electron chi connectivity index (χ0n) is 30.9. The second kappa shape index (κ2) is 12.8. The number of oxazole rings is 1. The van der Waals surface area contributed by atoms with Gasteiger partial charge in [-0.25, -0.2) is 19.9 Å². The molecule has 0 saturated heterocycles. The minimum Gasteiger partial charge on any atom is -0.456 e. The Morgan fingerprint density at radius 1 is 0.328 bits per heavy atom. The number of hydrogen-bond donors (Lipinski definition) is 0. The second-order valence-corrected chi connectivity index (χ2v) is 14.6. The lowest BCUT2D eigenvalue weighted by Crippen LogP contribution is -2.01. The fourth-order valence-electron chi connectivity index (χ4n) is 8.36. The van der Waals surface area contributed by atoms with Crippen LogP contribution in [0, 0.1) is 0 Å². The Morgan fingerprint density at radius 3 is 1.78 bits per heavy atom. The van der Waals surface area contributed by atoms with Crippen molar-refractivity contribution in [3.63, 3.8) is 0 Å². The normalized spacial score (nSPS) is 11.8. The lowest BCUT2D eigenvalue weighted by molar-refractivity contribution is 0.622. The largest absolute Gasteiger partial charge is 0.456 e. The van der Waals surface area contributed by atoms with E-state index in [4.69, 9.17) is 28.8 Å². The Kier molecular flexibility index (Phi) is 7.13. The Balaban J connectivity index is 1.10. The summed E-state index contributed by atoms with van der Waals surface area (Å²) in [7, 11) is 0. The van der Waals surface area contributed by atoms with Crippen LogP contribution in [0.15, 0.2) is 191 Å². The number of benzene rings is 9. The van der Waals surface area contributed by atoms with Crippen molar-refractivity contribution in [2.75, 3.05) is 0 Å². The molecule has 0 fully saturated rings. The average Bonchev–Trinajstić information content (AvgIpc) is 3.91. The number of hydrogen-bond acceptors (Lipinski definition) is 6. The van der Waals surface area contributed by atoms with Gasteiger partial charge in [0.25, 0.3) is 0 Å². The third-order valence-electron chi connectivity index (χ3n) is 11.1. The maximum atomic E-state index is 6.53. The summed E-state index contributed by atoms with van der Waals surface area (Å²) in [4.78, 5) is 20.6. The summed E-state index contributed by atoms with van der Waals surface area (Å²) in [6.45, 7) is 0. The van der Waals surface area contributed by atoms with Crippen molar-refractivity contribution in [2.45, 2.75) is 0 Å². The molecule has 0 amide bonds. The first-order chi connectivity index (χ1) is 28.7. The molecule has 12 rings (SSSR count). The summed E-state index contributed by atoms with van der Waals surface area (Å²) in [5.41, 5.74) is 8.82. The Hall–Kier alpha value is -7.96. The predicted octanol–water partition coefficient (Wildman–Crippen LogP) is 13.7. The molecule has 6 heteroatoms. The van der Waals surface area contributed by atoms with Gasteiger partial charge in [0.05, 0.1) is 5.39 Å². The van der Waals surface area contributed by atoms with Gasteiger partial charge < -0.3 is 8.83 Å². The van der Waals surface area contributed by atoms with Crippen LogP contribution in [-0.4, -0.2) is 19.9 Å². The first kappa shape index (κ1) is 32.3. The quantitative estimate of drug-likeness (QED) is 0.163. The summed E-state index contributed by atoms with van der Waals surface area (Å²) in [5, 5.41) is 8.46. The maximum absolute atomic E-state index is 6.53. The van der Waals surface area contributed by atoms with Crippen LogP contribution in [0.4, 0.5) is 0 Å². The van der Waals surface area contributed by atoms with E-state index in [0.717, 1.165) is 87.8 Å². The van der Waals surface area contributed by atoms with E-state index in [2.05, 4.69) is 127 Å². The van der Waals surface area contributed by atoms with E-state index in [0.29, 0.717) is 28.9 Å². The summed E-state index contributed by atoms with van der Waals surface area (Å²) in [6.07, 6.45) is 0. The van der Waals surface area contributed by atoms with Gasteiger partial charge in [-0.15, -0.1) is 0 Å². The highest BCUT2D eigenvalue weighted by Gasteiger charge is 2.21. The molecule has 12 aromatic rings. The molecule has 0 atom stereocenters. The molecule has 6 nitrogen and oxygen atoms in total. The molecule has 0 aliphatic carbocycles. The SMILES string of the molecule is c1ccc(-c2cccc(-c3nc(-c4ccc5ccc6oc7ccc8nc(-c9ccccc9)oc8c7c6c5c4)nc(-c4cc5ccccc5c5ccccc45)n3)c2)cc1. The minimum absolute atomic E-state index is 0.571. The summed E-state index contributed by atoms with van der Waals surface area (Å²) in [5.74, 6) is 2.35. The molecule has 0 spiro atoms. The third kappa shape index (κ3) is 5.20. The van der Waals surface area contributed by atoms with Crippen molar-refractivity contribution < 1.29 is 8.83 Å². The molecular formula is C52H30N4O2. The predicted molar refractivity (Wildman–Crippen MR) is 234 cm³/mol. The molecule has 0 aliphatic rings. The van der Waals surface area contributed by atoms with Crippen molar-refractivity contribution in [3.05, 3.63) is 182 Å². The van der Waals surface area contributed by atoms with Gasteiger partial charge in [-0.1, -0.05) is 133 Å². The second-order valence-electron chi connectivity index (χ2n) is 14.6. The highest BCUT2D eigenvalue weighted by atomic mass is 16.4. The molecule has 3 aromatic heterocycles. The number of fused-ring (bicyclic) bond motifs is 10. The molecule has 270 valence electrons. The molecule has 0 aliphatic heterocycles. The fourth-order valence-corrected chi connectivity index (χ4v) is 8.36. The highest BCUT2D eigenvalue weighted by Crippen LogP contribution is 2.42. The van der Waals surface area contributed by atoms with Crippen LogP contribution in [0.2, 0.25) is 0 Å². The molecule has 0 N–H and O–H groups in total. The number of aromatic nitrogens is 4. The van der Waals surface area contributed by atoms with Crippen molar-refractivity contribution in [2.24, 2.45) is 0 Å². The summed E-state index contributed by atoms with van der Waals surface area (Å²) < 4.78 is 13.0. The van der Waals surface area contributed by atoms with Crippen LogP contribution >= 0.6 is 0 Å². The molecular weight excluding hydrogens is 713 g/mol. The lowest BCUT2D eigenvalue weighted by atomic mass is 9.96. The Bertz CT molecular complexity index is 3570.